The second-order valence-corrected chi connectivity index (χ2v) is 7.50. The minimum Gasteiger partial charge on any atom is -0.377 e. The summed E-state index contributed by atoms with van der Waals surface area (Å²) in [5.74, 6) is -0.292. The second kappa shape index (κ2) is 4.72. The van der Waals surface area contributed by atoms with Gasteiger partial charge in [-0.1, -0.05) is 18.2 Å². The Hall–Kier alpha value is -0.780. The van der Waals surface area contributed by atoms with E-state index in [2.05, 4.69) is 4.72 Å². The molecule has 0 bridgehead atoms. The molecule has 5 heteroatoms. The van der Waals surface area contributed by atoms with Gasteiger partial charge in [-0.15, -0.1) is 0 Å². The van der Waals surface area contributed by atoms with E-state index in [-0.39, 0.29) is 5.82 Å². The van der Waals surface area contributed by atoms with Crippen LogP contribution in [0.2, 0.25) is 0 Å². The zero-order valence-corrected chi connectivity index (χ0v) is 11.6. The number of halogens is 1. The van der Waals surface area contributed by atoms with Crippen molar-refractivity contribution in [2.45, 2.75) is 31.1 Å². The molecule has 1 heterocycles. The fourth-order valence-electron chi connectivity index (χ4n) is 1.76. The predicted octanol–water partition coefficient (Wildman–Crippen LogP) is 2.10. The van der Waals surface area contributed by atoms with Crippen molar-refractivity contribution in [3.05, 3.63) is 35.6 Å². The maximum atomic E-state index is 13.9. The summed E-state index contributed by atoms with van der Waals surface area (Å²) >= 11 is 0. The van der Waals surface area contributed by atoms with Crippen LogP contribution in [0.25, 0.3) is 0 Å². The first-order chi connectivity index (χ1) is 8.35. The van der Waals surface area contributed by atoms with Crippen LogP contribution in [0, 0.1) is 5.82 Å². The summed E-state index contributed by atoms with van der Waals surface area (Å²) in [4.78, 5) is 0. The van der Waals surface area contributed by atoms with Crippen molar-refractivity contribution < 1.29 is 13.3 Å². The van der Waals surface area contributed by atoms with E-state index >= 15 is 0 Å². The Balaban J connectivity index is 2.28. The van der Waals surface area contributed by atoms with E-state index in [0.29, 0.717) is 18.8 Å². The molecule has 1 aliphatic heterocycles. The van der Waals surface area contributed by atoms with Crippen molar-refractivity contribution in [1.29, 1.82) is 0 Å². The molecular formula is C13H18FNO2S. The zero-order chi connectivity index (χ0) is 13.4. The molecule has 0 aromatic heterocycles. The van der Waals surface area contributed by atoms with Gasteiger partial charge in [0.2, 0.25) is 0 Å². The summed E-state index contributed by atoms with van der Waals surface area (Å²) in [6.07, 6.45) is 0. The fourth-order valence-corrected chi connectivity index (χ4v) is 2.64. The number of ether oxygens (including phenoxy) is 1. The van der Waals surface area contributed by atoms with Crippen molar-refractivity contribution in [2.24, 2.45) is 0 Å². The molecule has 1 saturated heterocycles. The second-order valence-electron chi connectivity index (χ2n) is 5.54. The highest BCUT2D eigenvalue weighted by Crippen LogP contribution is 2.32. The Bertz CT molecular complexity index is 466. The molecule has 1 aromatic carbocycles. The zero-order valence-electron chi connectivity index (χ0n) is 10.8. The predicted molar refractivity (Wildman–Crippen MR) is 69.9 cm³/mol. The van der Waals surface area contributed by atoms with Gasteiger partial charge in [-0.3, -0.25) is 0 Å². The number of nitrogens with one attached hydrogen (secondary N) is 1. The van der Waals surface area contributed by atoms with Gasteiger partial charge in [-0.05, 0) is 26.8 Å². The van der Waals surface area contributed by atoms with Crippen LogP contribution in [0.3, 0.4) is 0 Å². The third kappa shape index (κ3) is 2.48. The number of benzene rings is 1. The SMILES string of the molecule is CC(C)(C)S(=O)NC1(c2ccccc2F)COC1. The monoisotopic (exact) mass is 271 g/mol. The van der Waals surface area contributed by atoms with Crippen LogP contribution < -0.4 is 4.72 Å². The summed E-state index contributed by atoms with van der Waals surface area (Å²) < 4.78 is 33.9. The van der Waals surface area contributed by atoms with E-state index < -0.39 is 21.3 Å². The summed E-state index contributed by atoms with van der Waals surface area (Å²) in [6, 6.07) is 6.55. The summed E-state index contributed by atoms with van der Waals surface area (Å²) in [5, 5.41) is 0. The van der Waals surface area contributed by atoms with Crippen molar-refractivity contribution in [1.82, 2.24) is 4.72 Å². The molecule has 0 aliphatic carbocycles. The molecule has 1 atom stereocenters. The van der Waals surface area contributed by atoms with Crippen LogP contribution >= 0.6 is 0 Å². The Morgan fingerprint density at radius 1 is 1.33 bits per heavy atom. The van der Waals surface area contributed by atoms with Gasteiger partial charge in [0.1, 0.15) is 11.4 Å². The molecule has 0 radical (unpaired) electrons. The summed E-state index contributed by atoms with van der Waals surface area (Å²) in [5.41, 5.74) is -0.141. The maximum absolute atomic E-state index is 13.9. The molecule has 1 fully saturated rings. The highest BCUT2D eigenvalue weighted by atomic mass is 32.2. The lowest BCUT2D eigenvalue weighted by molar-refractivity contribution is -0.0675. The fraction of sp³-hybridized carbons (Fsp3) is 0.538. The lowest BCUT2D eigenvalue weighted by atomic mass is 9.89. The van der Waals surface area contributed by atoms with Crippen LogP contribution in [-0.4, -0.2) is 22.2 Å². The average molecular weight is 271 g/mol. The molecule has 2 rings (SSSR count). The Kier molecular flexibility index (Phi) is 3.58. The van der Waals surface area contributed by atoms with Crippen molar-refractivity contribution in [3.8, 4) is 0 Å². The highest BCUT2D eigenvalue weighted by Gasteiger charge is 2.44. The van der Waals surface area contributed by atoms with E-state index in [1.807, 2.05) is 20.8 Å². The largest absolute Gasteiger partial charge is 0.377 e. The lowest BCUT2D eigenvalue weighted by Gasteiger charge is -2.43. The Morgan fingerprint density at radius 3 is 2.39 bits per heavy atom. The van der Waals surface area contributed by atoms with Gasteiger partial charge >= 0.3 is 0 Å². The minimum atomic E-state index is -1.26. The molecule has 1 aromatic rings. The maximum Gasteiger partial charge on any atom is 0.128 e. The third-order valence-corrected chi connectivity index (χ3v) is 4.62. The summed E-state index contributed by atoms with van der Waals surface area (Å²) in [7, 11) is -1.26. The van der Waals surface area contributed by atoms with Gasteiger partial charge in [0.05, 0.1) is 28.9 Å². The molecule has 1 N–H and O–H groups in total. The standard InChI is InChI=1S/C13H18FNO2S/c1-12(2,3)18(16)15-13(8-17-9-13)10-6-4-5-7-11(10)14/h4-7,15H,8-9H2,1-3H3. The van der Waals surface area contributed by atoms with Crippen LogP contribution in [0.15, 0.2) is 24.3 Å². The van der Waals surface area contributed by atoms with Crippen LogP contribution in [0.5, 0.6) is 0 Å². The molecule has 1 aliphatic rings. The topological polar surface area (TPSA) is 38.3 Å². The van der Waals surface area contributed by atoms with E-state index in [1.165, 1.54) is 6.07 Å². The van der Waals surface area contributed by atoms with E-state index in [4.69, 9.17) is 4.74 Å². The molecule has 18 heavy (non-hydrogen) atoms. The van der Waals surface area contributed by atoms with E-state index in [0.717, 1.165) is 0 Å². The van der Waals surface area contributed by atoms with Gasteiger partial charge in [-0.2, -0.15) is 0 Å². The van der Waals surface area contributed by atoms with Gasteiger partial charge in [0.25, 0.3) is 0 Å². The van der Waals surface area contributed by atoms with Gasteiger partial charge < -0.3 is 4.74 Å². The van der Waals surface area contributed by atoms with Crippen LogP contribution in [-0.2, 0) is 21.3 Å². The third-order valence-electron chi connectivity index (χ3n) is 2.93. The Morgan fingerprint density at radius 2 is 1.94 bits per heavy atom. The van der Waals surface area contributed by atoms with E-state index in [9.17, 15) is 8.60 Å². The lowest BCUT2D eigenvalue weighted by Crippen LogP contribution is -2.60. The molecular weight excluding hydrogens is 253 g/mol. The first kappa shape index (κ1) is 13.6. The molecule has 3 nitrogen and oxygen atoms in total. The minimum absolute atomic E-state index is 0.292. The molecule has 0 saturated carbocycles. The van der Waals surface area contributed by atoms with E-state index in [1.54, 1.807) is 18.2 Å². The number of hydrogen-bond acceptors (Lipinski definition) is 2. The normalized spacial score (nSPS) is 20.2. The molecule has 0 amide bonds. The molecule has 1 unspecified atom stereocenters. The number of rotatable bonds is 3. The van der Waals surface area contributed by atoms with Gasteiger partial charge in [0.15, 0.2) is 0 Å². The van der Waals surface area contributed by atoms with Gasteiger partial charge in [0, 0.05) is 5.56 Å². The first-order valence-corrected chi connectivity index (χ1v) is 7.03. The number of hydrogen-bond donors (Lipinski definition) is 1. The smallest absolute Gasteiger partial charge is 0.128 e. The quantitative estimate of drug-likeness (QED) is 0.914. The van der Waals surface area contributed by atoms with Crippen molar-refractivity contribution >= 4 is 11.0 Å². The van der Waals surface area contributed by atoms with Crippen molar-refractivity contribution in [3.63, 3.8) is 0 Å². The summed E-state index contributed by atoms with van der Waals surface area (Å²) in [6.45, 7) is 6.32. The first-order valence-electron chi connectivity index (χ1n) is 5.88. The van der Waals surface area contributed by atoms with Gasteiger partial charge in [-0.25, -0.2) is 13.3 Å². The molecule has 100 valence electrons. The average Bonchev–Trinajstić information content (AvgIpc) is 2.23. The molecule has 0 spiro atoms. The van der Waals surface area contributed by atoms with Crippen molar-refractivity contribution in [2.75, 3.05) is 13.2 Å². The highest BCUT2D eigenvalue weighted by molar-refractivity contribution is 7.84. The van der Waals surface area contributed by atoms with Crippen LogP contribution in [0.4, 0.5) is 4.39 Å². The Labute approximate surface area is 109 Å². The van der Waals surface area contributed by atoms with Crippen LogP contribution in [0.1, 0.15) is 26.3 Å².